The van der Waals surface area contributed by atoms with E-state index in [2.05, 4.69) is 20.9 Å². The predicted octanol–water partition coefficient (Wildman–Crippen LogP) is 2.75. The van der Waals surface area contributed by atoms with Crippen molar-refractivity contribution in [2.75, 3.05) is 39.5 Å². The summed E-state index contributed by atoms with van der Waals surface area (Å²) in [6, 6.07) is 5.81. The summed E-state index contributed by atoms with van der Waals surface area (Å²) >= 11 is 6.45. The highest BCUT2D eigenvalue weighted by Gasteiger charge is 2.21. The zero-order valence-electron chi connectivity index (χ0n) is 14.7. The molecule has 1 aliphatic rings. The van der Waals surface area contributed by atoms with Gasteiger partial charge in [0.15, 0.2) is 0 Å². The van der Waals surface area contributed by atoms with Gasteiger partial charge in [0.1, 0.15) is 24.1 Å². The van der Waals surface area contributed by atoms with Crippen LogP contribution in [0.2, 0.25) is 5.02 Å². The average molecular weight is 376 g/mol. The third-order valence-electron chi connectivity index (χ3n) is 4.72. The first-order valence-corrected chi connectivity index (χ1v) is 9.17. The summed E-state index contributed by atoms with van der Waals surface area (Å²) in [5.74, 6) is 0.739. The smallest absolute Gasteiger partial charge is 0.143 e. The Morgan fingerprint density at radius 2 is 2.35 bits per heavy atom. The molecule has 0 saturated carbocycles. The van der Waals surface area contributed by atoms with Crippen LogP contribution in [0, 0.1) is 6.92 Å². The van der Waals surface area contributed by atoms with Gasteiger partial charge in [-0.05, 0) is 30.7 Å². The lowest BCUT2D eigenvalue weighted by Gasteiger charge is -2.32. The van der Waals surface area contributed by atoms with Gasteiger partial charge in [0.2, 0.25) is 0 Å². The zero-order valence-corrected chi connectivity index (χ0v) is 15.4. The molecule has 0 bridgehead atoms. The number of morpholine rings is 1. The second-order valence-electron chi connectivity index (χ2n) is 6.66. The van der Waals surface area contributed by atoms with Crippen LogP contribution in [0.5, 0.6) is 5.75 Å². The Bertz CT molecular complexity index is 925. The van der Waals surface area contributed by atoms with Crippen molar-refractivity contribution in [3.63, 3.8) is 0 Å². The van der Waals surface area contributed by atoms with Crippen molar-refractivity contribution in [3.05, 3.63) is 35.0 Å². The van der Waals surface area contributed by atoms with Crippen molar-refractivity contribution in [3.8, 4) is 5.75 Å². The van der Waals surface area contributed by atoms with Gasteiger partial charge in [-0.3, -0.25) is 4.90 Å². The van der Waals surface area contributed by atoms with Crippen molar-refractivity contribution >= 4 is 33.5 Å². The maximum absolute atomic E-state index is 9.11. The molecular formula is C19H22ClN3O3. The van der Waals surface area contributed by atoms with E-state index < -0.39 is 0 Å². The van der Waals surface area contributed by atoms with Crippen LogP contribution < -0.4 is 4.74 Å². The SMILES string of the molecule is Cc1cnc2[nH]c3c(OCC4CN(CCO)CCO4)ccc(Cl)c3c2c1. The highest BCUT2D eigenvalue weighted by Crippen LogP contribution is 2.36. The first kappa shape index (κ1) is 17.5. The standard InChI is InChI=1S/C19H22ClN3O3/c1-12-8-14-17-15(20)2-3-16(18(17)22-19(14)21-9-12)26-11-13-10-23(4-6-24)5-7-25-13/h2-3,8-9,13,24H,4-7,10-11H2,1H3,(H,21,22). The summed E-state index contributed by atoms with van der Waals surface area (Å²) in [5.41, 5.74) is 2.74. The van der Waals surface area contributed by atoms with Gasteiger partial charge in [-0.1, -0.05) is 11.6 Å². The molecular weight excluding hydrogens is 354 g/mol. The minimum Gasteiger partial charge on any atom is -0.489 e. The Kier molecular flexibility index (Phi) is 5.00. The number of H-pyrrole nitrogens is 1. The predicted molar refractivity (Wildman–Crippen MR) is 102 cm³/mol. The number of aliphatic hydroxyl groups is 1. The number of aryl methyl sites for hydroxylation is 1. The van der Waals surface area contributed by atoms with Crippen LogP contribution in [-0.4, -0.2) is 65.5 Å². The summed E-state index contributed by atoms with van der Waals surface area (Å²) in [5, 5.41) is 11.7. The molecule has 1 aliphatic heterocycles. The molecule has 0 amide bonds. The van der Waals surface area contributed by atoms with Gasteiger partial charge in [0.05, 0.1) is 23.8 Å². The summed E-state index contributed by atoms with van der Waals surface area (Å²) in [6.45, 7) is 5.53. The molecule has 3 heterocycles. The molecule has 0 aliphatic carbocycles. The van der Waals surface area contributed by atoms with Gasteiger partial charge in [-0.25, -0.2) is 4.98 Å². The van der Waals surface area contributed by atoms with Crippen molar-refractivity contribution in [2.45, 2.75) is 13.0 Å². The van der Waals surface area contributed by atoms with E-state index in [1.54, 1.807) is 0 Å². The van der Waals surface area contributed by atoms with Crippen LogP contribution in [0.25, 0.3) is 21.9 Å². The number of ether oxygens (including phenoxy) is 2. The molecule has 3 aromatic rings. The fourth-order valence-electron chi connectivity index (χ4n) is 3.45. The molecule has 2 aromatic heterocycles. The molecule has 26 heavy (non-hydrogen) atoms. The highest BCUT2D eigenvalue weighted by molar-refractivity contribution is 6.38. The zero-order chi connectivity index (χ0) is 18.1. The number of aromatic amines is 1. The Morgan fingerprint density at radius 3 is 3.19 bits per heavy atom. The summed E-state index contributed by atoms with van der Waals surface area (Å²) in [6.07, 6.45) is 1.81. The van der Waals surface area contributed by atoms with E-state index in [-0.39, 0.29) is 12.7 Å². The molecule has 1 saturated heterocycles. The minimum atomic E-state index is -0.0224. The van der Waals surface area contributed by atoms with E-state index in [0.29, 0.717) is 24.8 Å². The number of rotatable bonds is 5. The monoisotopic (exact) mass is 375 g/mol. The second-order valence-corrected chi connectivity index (χ2v) is 7.06. The third-order valence-corrected chi connectivity index (χ3v) is 5.03. The number of aliphatic hydroxyl groups excluding tert-OH is 1. The van der Waals surface area contributed by atoms with Gasteiger partial charge >= 0.3 is 0 Å². The first-order chi connectivity index (χ1) is 12.7. The second kappa shape index (κ2) is 7.40. The number of nitrogens with zero attached hydrogens (tertiary/aromatic N) is 2. The molecule has 0 radical (unpaired) electrons. The topological polar surface area (TPSA) is 70.6 Å². The molecule has 138 valence electrons. The van der Waals surface area contributed by atoms with E-state index in [1.165, 1.54) is 0 Å². The van der Waals surface area contributed by atoms with E-state index in [1.807, 2.05) is 25.3 Å². The molecule has 1 fully saturated rings. The number of pyridine rings is 1. The Balaban J connectivity index is 1.59. The number of hydrogen-bond donors (Lipinski definition) is 2. The average Bonchev–Trinajstić information content (AvgIpc) is 3.01. The number of aromatic nitrogens is 2. The van der Waals surface area contributed by atoms with Crippen LogP contribution in [0.3, 0.4) is 0 Å². The number of fused-ring (bicyclic) bond motifs is 3. The quantitative estimate of drug-likeness (QED) is 0.717. The van der Waals surface area contributed by atoms with Crippen LogP contribution >= 0.6 is 11.6 Å². The summed E-state index contributed by atoms with van der Waals surface area (Å²) in [7, 11) is 0. The van der Waals surface area contributed by atoms with E-state index in [9.17, 15) is 0 Å². The number of hydrogen-bond acceptors (Lipinski definition) is 5. The Morgan fingerprint density at radius 1 is 1.46 bits per heavy atom. The highest BCUT2D eigenvalue weighted by atomic mass is 35.5. The van der Waals surface area contributed by atoms with E-state index in [0.717, 1.165) is 46.3 Å². The fourth-order valence-corrected chi connectivity index (χ4v) is 3.71. The van der Waals surface area contributed by atoms with Crippen molar-refractivity contribution in [1.29, 1.82) is 0 Å². The summed E-state index contributed by atoms with van der Waals surface area (Å²) in [4.78, 5) is 9.97. The number of benzene rings is 1. The fraction of sp³-hybridized carbons (Fsp3) is 0.421. The van der Waals surface area contributed by atoms with Gasteiger partial charge in [-0.2, -0.15) is 0 Å². The molecule has 1 aromatic carbocycles. The number of halogens is 1. The van der Waals surface area contributed by atoms with Gasteiger partial charge < -0.3 is 19.6 Å². The van der Waals surface area contributed by atoms with Gasteiger partial charge in [0, 0.05) is 36.6 Å². The number of nitrogens with one attached hydrogen (secondary N) is 1. The van der Waals surface area contributed by atoms with Crippen LogP contribution in [0.1, 0.15) is 5.56 Å². The number of β-amino-alcohol motifs (C(OH)–C–C–N with tert-alkyl or cyclic N) is 1. The van der Waals surface area contributed by atoms with E-state index in [4.69, 9.17) is 26.2 Å². The first-order valence-electron chi connectivity index (χ1n) is 8.80. The molecule has 6 nitrogen and oxygen atoms in total. The molecule has 7 heteroatoms. The lowest BCUT2D eigenvalue weighted by atomic mass is 10.1. The molecule has 1 atom stereocenters. The Hall–Kier alpha value is -1.86. The molecule has 4 rings (SSSR count). The molecule has 0 spiro atoms. The van der Waals surface area contributed by atoms with Crippen molar-refractivity contribution < 1.29 is 14.6 Å². The Labute approximate surface area is 156 Å². The maximum atomic E-state index is 9.11. The van der Waals surface area contributed by atoms with Crippen molar-refractivity contribution in [1.82, 2.24) is 14.9 Å². The maximum Gasteiger partial charge on any atom is 0.143 e. The largest absolute Gasteiger partial charge is 0.489 e. The molecule has 2 N–H and O–H groups in total. The normalized spacial score (nSPS) is 18.7. The van der Waals surface area contributed by atoms with Crippen LogP contribution in [-0.2, 0) is 4.74 Å². The van der Waals surface area contributed by atoms with Crippen LogP contribution in [0.15, 0.2) is 24.4 Å². The summed E-state index contributed by atoms with van der Waals surface area (Å²) < 4.78 is 11.9. The van der Waals surface area contributed by atoms with E-state index >= 15 is 0 Å². The minimum absolute atomic E-state index is 0.0224. The van der Waals surface area contributed by atoms with Gasteiger partial charge in [0.25, 0.3) is 0 Å². The lowest BCUT2D eigenvalue weighted by molar-refractivity contribution is -0.0506. The van der Waals surface area contributed by atoms with Crippen molar-refractivity contribution in [2.24, 2.45) is 0 Å². The van der Waals surface area contributed by atoms with Gasteiger partial charge in [-0.15, -0.1) is 0 Å². The lowest BCUT2D eigenvalue weighted by Crippen LogP contribution is -2.45. The van der Waals surface area contributed by atoms with Crippen LogP contribution in [0.4, 0.5) is 0 Å². The molecule has 1 unspecified atom stereocenters. The third kappa shape index (κ3) is 3.38.